The van der Waals surface area contributed by atoms with Crippen LogP contribution in [0.4, 0.5) is 0 Å². The molecule has 0 N–H and O–H groups in total. The molecule has 0 fully saturated rings. The number of benzene rings is 2. The maximum atomic E-state index is 12.1. The lowest BCUT2D eigenvalue weighted by Gasteiger charge is -2.10. The Kier molecular flexibility index (Phi) is 4.38. The first-order chi connectivity index (χ1) is 11.6. The second kappa shape index (κ2) is 6.62. The summed E-state index contributed by atoms with van der Waals surface area (Å²) < 4.78 is 6.79. The van der Waals surface area contributed by atoms with Crippen molar-refractivity contribution < 1.29 is 14.1 Å². The van der Waals surface area contributed by atoms with Gasteiger partial charge in [0, 0.05) is 0 Å². The molecule has 0 aliphatic heterocycles. The maximum absolute atomic E-state index is 12.1. The Balaban J connectivity index is 2.22. The molecule has 4 heteroatoms. The number of carbonyl (C=O) groups is 1. The minimum atomic E-state index is -0.439. The van der Waals surface area contributed by atoms with Crippen LogP contribution in [-0.4, -0.2) is 18.1 Å². The van der Waals surface area contributed by atoms with E-state index in [4.69, 9.17) is 4.74 Å². The summed E-state index contributed by atoms with van der Waals surface area (Å²) in [5, 5.41) is 0. The molecular weight excluding hydrogens is 300 g/mol. The Morgan fingerprint density at radius 1 is 1.08 bits per heavy atom. The number of rotatable bonds is 3. The van der Waals surface area contributed by atoms with Crippen LogP contribution in [0.5, 0.6) is 0 Å². The van der Waals surface area contributed by atoms with Gasteiger partial charge in [-0.3, -0.25) is 0 Å². The van der Waals surface area contributed by atoms with E-state index in [-0.39, 0.29) is 0 Å². The molecule has 0 saturated heterocycles. The van der Waals surface area contributed by atoms with Crippen molar-refractivity contribution in [1.29, 1.82) is 0 Å². The molecule has 24 heavy (non-hydrogen) atoms. The summed E-state index contributed by atoms with van der Waals surface area (Å²) in [6, 6.07) is 16.4. The second-order valence-corrected chi connectivity index (χ2v) is 5.62. The maximum Gasteiger partial charge on any atom is 0.363 e. The van der Waals surface area contributed by atoms with Gasteiger partial charge in [0.2, 0.25) is 11.4 Å². The fraction of sp³-hybridized carbons (Fsp3) is 0.150. The average Bonchev–Trinajstić information content (AvgIpc) is 2.62. The summed E-state index contributed by atoms with van der Waals surface area (Å²) in [5.41, 5.74) is 5.33. The Bertz CT molecular complexity index is 889. The van der Waals surface area contributed by atoms with Gasteiger partial charge in [0.05, 0.1) is 18.9 Å². The predicted molar refractivity (Wildman–Crippen MR) is 92.4 cm³/mol. The lowest BCUT2D eigenvalue weighted by Crippen LogP contribution is -2.34. The number of hydrogen-bond acceptors (Lipinski definition) is 3. The van der Waals surface area contributed by atoms with Gasteiger partial charge in [0.15, 0.2) is 6.20 Å². The molecule has 0 unspecified atom stereocenters. The van der Waals surface area contributed by atoms with Crippen LogP contribution in [0.3, 0.4) is 0 Å². The third kappa shape index (κ3) is 2.91. The highest BCUT2D eigenvalue weighted by atomic mass is 16.5. The predicted octanol–water partition coefficient (Wildman–Crippen LogP) is 3.34. The average molecular weight is 319 g/mol. The molecule has 1 heterocycles. The zero-order valence-corrected chi connectivity index (χ0v) is 14.0. The van der Waals surface area contributed by atoms with E-state index in [0.29, 0.717) is 5.69 Å². The molecule has 0 aliphatic rings. The number of aryl methyl sites for hydroxylation is 2. The highest BCUT2D eigenvalue weighted by Crippen LogP contribution is 2.29. The molecule has 0 aliphatic carbocycles. The van der Waals surface area contributed by atoms with Crippen LogP contribution in [0.2, 0.25) is 0 Å². The number of ether oxygens (including phenoxy) is 1. The molecule has 0 saturated carbocycles. The number of hydrogen-bond donors (Lipinski definition) is 0. The van der Waals surface area contributed by atoms with E-state index in [1.807, 2.05) is 42.9 Å². The summed E-state index contributed by atoms with van der Waals surface area (Å²) in [6.07, 6.45) is 3.43. The molecule has 0 radical (unpaired) electrons. The first-order valence-electron chi connectivity index (χ1n) is 7.71. The van der Waals surface area contributed by atoms with E-state index in [9.17, 15) is 4.79 Å². The van der Waals surface area contributed by atoms with Crippen molar-refractivity contribution in [3.05, 3.63) is 72.2 Å². The lowest BCUT2D eigenvalue weighted by atomic mass is 9.97. The van der Waals surface area contributed by atoms with Crippen LogP contribution in [0.1, 0.15) is 16.1 Å². The van der Waals surface area contributed by atoms with Crippen molar-refractivity contribution >= 4 is 5.97 Å². The summed E-state index contributed by atoms with van der Waals surface area (Å²) in [4.78, 5) is 16.4. The summed E-state index contributed by atoms with van der Waals surface area (Å²) >= 11 is 0. The molecule has 4 nitrogen and oxygen atoms in total. The molecule has 2 aromatic carbocycles. The van der Waals surface area contributed by atoms with Crippen molar-refractivity contribution in [3.63, 3.8) is 0 Å². The minimum absolute atomic E-state index is 0.316. The molecule has 1 aromatic heterocycles. The van der Waals surface area contributed by atoms with Crippen molar-refractivity contribution in [3.8, 4) is 22.4 Å². The molecule has 3 aromatic rings. The molecule has 0 bridgehead atoms. The Morgan fingerprint density at radius 3 is 2.54 bits per heavy atom. The van der Waals surface area contributed by atoms with Gasteiger partial charge in [0.25, 0.3) is 0 Å². The van der Waals surface area contributed by atoms with E-state index >= 15 is 0 Å². The summed E-state index contributed by atoms with van der Waals surface area (Å²) in [7, 11) is 3.27. The van der Waals surface area contributed by atoms with Gasteiger partial charge < -0.3 is 4.74 Å². The number of nitrogens with zero attached hydrogens (tertiary/aromatic N) is 2. The number of methoxy groups -OCH3 is 1. The van der Waals surface area contributed by atoms with E-state index in [1.54, 1.807) is 6.20 Å². The highest BCUT2D eigenvalue weighted by Gasteiger charge is 2.25. The lowest BCUT2D eigenvalue weighted by molar-refractivity contribution is -0.661. The van der Waals surface area contributed by atoms with Crippen LogP contribution in [0.15, 0.2) is 60.9 Å². The third-order valence-electron chi connectivity index (χ3n) is 4.05. The monoisotopic (exact) mass is 319 g/mol. The molecular formula is C20H19N2O2+. The smallest absolute Gasteiger partial charge is 0.363 e. The quantitative estimate of drug-likeness (QED) is 0.549. The first-order valence-corrected chi connectivity index (χ1v) is 7.71. The molecule has 0 atom stereocenters. The van der Waals surface area contributed by atoms with Gasteiger partial charge in [-0.2, -0.15) is 4.57 Å². The van der Waals surface area contributed by atoms with Crippen molar-refractivity contribution in [1.82, 2.24) is 4.98 Å². The SMILES string of the molecule is COC(=O)c1ncc[n+](C)c1-c1cc(-c2ccccc2)ccc1C. The van der Waals surface area contributed by atoms with Gasteiger partial charge in [-0.1, -0.05) is 42.5 Å². The van der Waals surface area contributed by atoms with Crippen LogP contribution in [-0.2, 0) is 11.8 Å². The fourth-order valence-electron chi connectivity index (χ4n) is 2.76. The number of carbonyl (C=O) groups excluding carboxylic acids is 1. The van der Waals surface area contributed by atoms with Crippen molar-refractivity contribution in [2.24, 2.45) is 7.05 Å². The largest absolute Gasteiger partial charge is 0.464 e. The van der Waals surface area contributed by atoms with Crippen LogP contribution in [0, 0.1) is 6.92 Å². The minimum Gasteiger partial charge on any atom is -0.464 e. The molecule has 0 spiro atoms. The number of esters is 1. The fourth-order valence-corrected chi connectivity index (χ4v) is 2.76. The topological polar surface area (TPSA) is 43.1 Å². The van der Waals surface area contributed by atoms with E-state index in [0.717, 1.165) is 27.9 Å². The van der Waals surface area contributed by atoms with Crippen molar-refractivity contribution in [2.45, 2.75) is 6.92 Å². The third-order valence-corrected chi connectivity index (χ3v) is 4.05. The van der Waals surface area contributed by atoms with Crippen molar-refractivity contribution in [2.75, 3.05) is 7.11 Å². The van der Waals surface area contributed by atoms with Gasteiger partial charge in [0.1, 0.15) is 7.05 Å². The molecule has 3 rings (SSSR count). The standard InChI is InChI=1S/C20H19N2O2/c1-14-9-10-16(15-7-5-4-6-8-15)13-17(14)19-18(20(23)24-3)21-11-12-22(19)2/h4-13H,1-3H3/q+1. The van der Waals surface area contributed by atoms with E-state index < -0.39 is 5.97 Å². The summed E-state index contributed by atoms with van der Waals surface area (Å²) in [5.74, 6) is -0.439. The second-order valence-electron chi connectivity index (χ2n) is 5.62. The van der Waals surface area contributed by atoms with Crippen LogP contribution >= 0.6 is 0 Å². The zero-order valence-electron chi connectivity index (χ0n) is 14.0. The summed E-state index contributed by atoms with van der Waals surface area (Å²) in [6.45, 7) is 2.03. The van der Waals surface area contributed by atoms with Gasteiger partial charge in [-0.15, -0.1) is 0 Å². The normalized spacial score (nSPS) is 10.5. The van der Waals surface area contributed by atoms with Gasteiger partial charge >= 0.3 is 5.97 Å². The number of aromatic nitrogens is 2. The zero-order chi connectivity index (χ0) is 17.1. The Hall–Kier alpha value is -3.01. The van der Waals surface area contributed by atoms with E-state index in [1.165, 1.54) is 7.11 Å². The first kappa shape index (κ1) is 15.9. The van der Waals surface area contributed by atoms with Gasteiger partial charge in [-0.05, 0) is 29.7 Å². The van der Waals surface area contributed by atoms with Crippen LogP contribution < -0.4 is 4.57 Å². The Morgan fingerprint density at radius 2 is 1.83 bits per heavy atom. The van der Waals surface area contributed by atoms with Crippen LogP contribution in [0.25, 0.3) is 22.4 Å². The van der Waals surface area contributed by atoms with E-state index in [2.05, 4.69) is 35.3 Å². The van der Waals surface area contributed by atoms with Gasteiger partial charge in [-0.25, -0.2) is 9.78 Å². The Labute approximate surface area is 141 Å². The molecule has 120 valence electrons. The highest BCUT2D eigenvalue weighted by molar-refractivity contribution is 5.93. The molecule has 0 amide bonds.